The third-order valence-electron chi connectivity index (χ3n) is 5.17. The van der Waals surface area contributed by atoms with Crippen LogP contribution in [0.5, 0.6) is 11.5 Å². The number of nitrogens with zero attached hydrogens (tertiary/aromatic N) is 1. The molecule has 4 rings (SSSR count). The summed E-state index contributed by atoms with van der Waals surface area (Å²) in [5, 5.41) is 0. The summed E-state index contributed by atoms with van der Waals surface area (Å²) >= 11 is 0. The molecule has 0 aromatic heterocycles. The van der Waals surface area contributed by atoms with Gasteiger partial charge in [0.2, 0.25) is 0 Å². The topological polar surface area (TPSA) is 38.8 Å². The molecule has 0 N–H and O–H groups in total. The van der Waals surface area contributed by atoms with E-state index in [0.717, 1.165) is 48.4 Å². The van der Waals surface area contributed by atoms with E-state index in [1.807, 2.05) is 53.4 Å². The number of benzene rings is 2. The van der Waals surface area contributed by atoms with Crippen molar-refractivity contribution < 1.29 is 14.3 Å². The van der Waals surface area contributed by atoms with Crippen molar-refractivity contribution in [3.63, 3.8) is 0 Å². The van der Waals surface area contributed by atoms with Crippen molar-refractivity contribution in [3.05, 3.63) is 59.7 Å². The van der Waals surface area contributed by atoms with E-state index in [4.69, 9.17) is 9.47 Å². The monoisotopic (exact) mass is 323 g/mol. The Morgan fingerprint density at radius 1 is 1.17 bits per heavy atom. The molecule has 2 aromatic rings. The zero-order valence-electron chi connectivity index (χ0n) is 13.8. The van der Waals surface area contributed by atoms with Crippen LogP contribution in [0.3, 0.4) is 0 Å². The average Bonchev–Trinajstić information content (AvgIpc) is 3.04. The van der Waals surface area contributed by atoms with Gasteiger partial charge in [-0.2, -0.15) is 0 Å². The normalized spacial score (nSPS) is 22.1. The maximum absolute atomic E-state index is 13.0. The van der Waals surface area contributed by atoms with E-state index in [0.29, 0.717) is 6.61 Å². The maximum atomic E-state index is 13.0. The molecule has 1 saturated heterocycles. The van der Waals surface area contributed by atoms with Crippen LogP contribution in [0.1, 0.15) is 28.8 Å². The highest BCUT2D eigenvalue weighted by molar-refractivity contribution is 5.95. The number of fused-ring (bicyclic) bond motifs is 1. The van der Waals surface area contributed by atoms with Gasteiger partial charge in [-0.1, -0.05) is 24.3 Å². The van der Waals surface area contributed by atoms with E-state index >= 15 is 0 Å². The second kappa shape index (κ2) is 5.86. The lowest BCUT2D eigenvalue weighted by molar-refractivity contribution is 0.0394. The van der Waals surface area contributed by atoms with E-state index in [1.54, 1.807) is 7.11 Å². The fraction of sp³-hybridized carbons (Fsp3) is 0.350. The van der Waals surface area contributed by atoms with Crippen molar-refractivity contribution in [2.45, 2.75) is 24.8 Å². The number of ether oxygens (including phenoxy) is 2. The highest BCUT2D eigenvalue weighted by Crippen LogP contribution is 2.43. The number of carbonyl (C=O) groups excluding carboxylic acids is 1. The summed E-state index contributed by atoms with van der Waals surface area (Å²) in [5.41, 5.74) is 1.54. The lowest BCUT2D eigenvalue weighted by Gasteiger charge is -2.42. The number of hydrogen-bond donors (Lipinski definition) is 0. The summed E-state index contributed by atoms with van der Waals surface area (Å²) in [4.78, 5) is 15.0. The summed E-state index contributed by atoms with van der Waals surface area (Å²) in [5.74, 6) is 1.81. The lowest BCUT2D eigenvalue weighted by atomic mass is 9.85. The number of amides is 1. The molecule has 2 aliphatic rings. The number of methoxy groups -OCH3 is 1. The Hall–Kier alpha value is -2.49. The molecule has 2 aliphatic heterocycles. The molecule has 124 valence electrons. The lowest BCUT2D eigenvalue weighted by Crippen LogP contribution is -2.54. The van der Waals surface area contributed by atoms with Crippen LogP contribution in [-0.2, 0) is 6.42 Å². The zero-order chi connectivity index (χ0) is 16.6. The fourth-order valence-corrected chi connectivity index (χ4v) is 3.96. The van der Waals surface area contributed by atoms with Gasteiger partial charge in [-0.3, -0.25) is 4.79 Å². The number of carbonyl (C=O) groups is 1. The van der Waals surface area contributed by atoms with Crippen LogP contribution in [0.15, 0.2) is 48.5 Å². The largest absolute Gasteiger partial charge is 0.496 e. The predicted octanol–water partition coefficient (Wildman–Crippen LogP) is 3.31. The van der Waals surface area contributed by atoms with E-state index in [2.05, 4.69) is 0 Å². The van der Waals surface area contributed by atoms with Gasteiger partial charge in [0.25, 0.3) is 5.91 Å². The first-order valence-electron chi connectivity index (χ1n) is 8.39. The number of likely N-dealkylation sites (tertiary alicyclic amines) is 1. The van der Waals surface area contributed by atoms with Crippen molar-refractivity contribution in [1.82, 2.24) is 4.90 Å². The molecule has 2 heterocycles. The minimum Gasteiger partial charge on any atom is -0.496 e. The molecule has 1 atom stereocenters. The Balaban J connectivity index is 1.68. The van der Waals surface area contributed by atoms with Crippen LogP contribution in [0.25, 0.3) is 0 Å². The summed E-state index contributed by atoms with van der Waals surface area (Å²) in [6, 6.07) is 15.4. The molecule has 1 unspecified atom stereocenters. The van der Waals surface area contributed by atoms with Gasteiger partial charge in [-0.05, 0) is 37.1 Å². The van der Waals surface area contributed by atoms with Gasteiger partial charge in [0.05, 0.1) is 12.6 Å². The molecule has 4 heteroatoms. The SMILES string of the molecule is COc1cccc2c1CC1(CCCN1C(=O)c1ccccc1)CO2. The van der Waals surface area contributed by atoms with Gasteiger partial charge in [0, 0.05) is 24.1 Å². The smallest absolute Gasteiger partial charge is 0.254 e. The maximum Gasteiger partial charge on any atom is 0.254 e. The Morgan fingerprint density at radius 2 is 2.00 bits per heavy atom. The van der Waals surface area contributed by atoms with Gasteiger partial charge in [-0.15, -0.1) is 0 Å². The van der Waals surface area contributed by atoms with Gasteiger partial charge in [0.1, 0.15) is 18.1 Å². The van der Waals surface area contributed by atoms with Crippen molar-refractivity contribution in [1.29, 1.82) is 0 Å². The van der Waals surface area contributed by atoms with E-state index in [-0.39, 0.29) is 11.4 Å². The molecular weight excluding hydrogens is 302 g/mol. The van der Waals surface area contributed by atoms with E-state index in [1.165, 1.54) is 0 Å². The van der Waals surface area contributed by atoms with Crippen LogP contribution < -0.4 is 9.47 Å². The first-order valence-corrected chi connectivity index (χ1v) is 8.39. The second-order valence-electron chi connectivity index (χ2n) is 6.55. The van der Waals surface area contributed by atoms with Crippen LogP contribution in [0.4, 0.5) is 0 Å². The van der Waals surface area contributed by atoms with Gasteiger partial charge >= 0.3 is 0 Å². The molecule has 0 bridgehead atoms. The quantitative estimate of drug-likeness (QED) is 0.851. The van der Waals surface area contributed by atoms with Crippen molar-refractivity contribution in [3.8, 4) is 11.5 Å². The number of rotatable bonds is 2. The fourth-order valence-electron chi connectivity index (χ4n) is 3.96. The van der Waals surface area contributed by atoms with Crippen molar-refractivity contribution >= 4 is 5.91 Å². The minimum atomic E-state index is -0.269. The molecule has 0 radical (unpaired) electrons. The molecule has 4 nitrogen and oxygen atoms in total. The Bertz CT molecular complexity index is 744. The number of hydrogen-bond acceptors (Lipinski definition) is 3. The van der Waals surface area contributed by atoms with Crippen molar-refractivity contribution in [2.75, 3.05) is 20.3 Å². The zero-order valence-corrected chi connectivity index (χ0v) is 13.8. The van der Waals surface area contributed by atoms with Gasteiger partial charge < -0.3 is 14.4 Å². The highest BCUT2D eigenvalue weighted by Gasteiger charge is 2.47. The third-order valence-corrected chi connectivity index (χ3v) is 5.17. The second-order valence-corrected chi connectivity index (χ2v) is 6.55. The molecule has 1 fully saturated rings. The Labute approximate surface area is 142 Å². The molecule has 0 saturated carbocycles. The molecule has 1 amide bonds. The molecular formula is C20H21NO3. The highest BCUT2D eigenvalue weighted by atomic mass is 16.5. The van der Waals surface area contributed by atoms with Gasteiger partial charge in [0.15, 0.2) is 0 Å². The molecule has 0 aliphatic carbocycles. The standard InChI is InChI=1S/C20H21NO3/c1-23-17-9-5-10-18-16(17)13-20(14-24-18)11-6-12-21(20)19(22)15-7-3-2-4-8-15/h2-5,7-10H,6,11-14H2,1H3. The Morgan fingerprint density at radius 3 is 2.79 bits per heavy atom. The summed E-state index contributed by atoms with van der Waals surface area (Å²) in [6.45, 7) is 1.33. The van der Waals surface area contributed by atoms with Crippen LogP contribution in [0.2, 0.25) is 0 Å². The first-order chi connectivity index (χ1) is 11.7. The van der Waals surface area contributed by atoms with Gasteiger partial charge in [-0.25, -0.2) is 0 Å². The summed E-state index contributed by atoms with van der Waals surface area (Å²) < 4.78 is 11.6. The van der Waals surface area contributed by atoms with E-state index < -0.39 is 0 Å². The first kappa shape index (κ1) is 15.1. The Kier molecular flexibility index (Phi) is 3.68. The molecule has 2 aromatic carbocycles. The van der Waals surface area contributed by atoms with Crippen LogP contribution >= 0.6 is 0 Å². The molecule has 1 spiro atoms. The summed E-state index contributed by atoms with van der Waals surface area (Å²) in [7, 11) is 1.68. The van der Waals surface area contributed by atoms with Crippen LogP contribution in [-0.4, -0.2) is 36.6 Å². The van der Waals surface area contributed by atoms with Crippen molar-refractivity contribution in [2.24, 2.45) is 0 Å². The minimum absolute atomic E-state index is 0.0926. The van der Waals surface area contributed by atoms with E-state index in [9.17, 15) is 4.79 Å². The molecule has 24 heavy (non-hydrogen) atoms. The summed E-state index contributed by atoms with van der Waals surface area (Å²) in [6.07, 6.45) is 2.75. The van der Waals surface area contributed by atoms with Crippen LogP contribution in [0, 0.1) is 0 Å². The predicted molar refractivity (Wildman–Crippen MR) is 91.6 cm³/mol. The third kappa shape index (κ3) is 2.33. The average molecular weight is 323 g/mol.